The number of hydrogen-bond acceptors (Lipinski definition) is 11. The quantitative estimate of drug-likeness (QED) is 0.243. The zero-order valence-corrected chi connectivity index (χ0v) is 37.7. The third kappa shape index (κ3) is 9.63. The minimum atomic E-state index is -3.91. The molecule has 3 N–H and O–H groups in total. The average molecular weight is 901 g/mol. The molecular formula is C48H64N6O9S. The number of hydrogen-bond donors (Lipinski definition) is 3. The summed E-state index contributed by atoms with van der Waals surface area (Å²) in [7, 11) is -3.91. The summed E-state index contributed by atoms with van der Waals surface area (Å²) in [5, 5.41) is 6.10. The molecule has 4 saturated carbocycles. The second kappa shape index (κ2) is 19.0. The Kier molecular flexibility index (Phi) is 13.2. The monoisotopic (exact) mass is 900 g/mol. The van der Waals surface area contributed by atoms with Crippen LogP contribution in [-0.2, 0) is 35.6 Å². The Labute approximate surface area is 376 Å². The fraction of sp³-hybridized carbons (Fsp3) is 0.646. The zero-order valence-electron chi connectivity index (χ0n) is 36.8. The normalized spacial score (nSPS) is 30.5. The van der Waals surface area contributed by atoms with Gasteiger partial charge in [0.15, 0.2) is 0 Å². The van der Waals surface area contributed by atoms with E-state index < -0.39 is 68.7 Å². The van der Waals surface area contributed by atoms with Crippen molar-refractivity contribution in [3.05, 3.63) is 54.6 Å². The molecule has 3 aliphatic heterocycles. The van der Waals surface area contributed by atoms with Crippen LogP contribution in [0.3, 0.4) is 0 Å². The number of allylic oxidation sites excluding steroid dienone is 2. The molecule has 2 bridgehead atoms. The van der Waals surface area contributed by atoms with Crippen molar-refractivity contribution in [1.29, 1.82) is 0 Å². The summed E-state index contributed by atoms with van der Waals surface area (Å²) >= 11 is 0. The molecule has 0 spiro atoms. The molecule has 64 heavy (non-hydrogen) atoms. The van der Waals surface area contributed by atoms with E-state index in [0.29, 0.717) is 43.0 Å². The van der Waals surface area contributed by atoms with E-state index in [9.17, 15) is 22.8 Å². The fourth-order valence-electron chi connectivity index (χ4n) is 10.9. The lowest BCUT2D eigenvalue weighted by Gasteiger charge is -2.32. The molecule has 9 rings (SSSR count). The number of sulfonamides is 1. The number of fused-ring (bicyclic) bond motifs is 5. The van der Waals surface area contributed by atoms with Crippen LogP contribution in [0, 0.1) is 17.8 Å². The molecule has 2 saturated heterocycles. The predicted molar refractivity (Wildman–Crippen MR) is 240 cm³/mol. The molecule has 4 amide bonds. The molecule has 7 aliphatic rings. The van der Waals surface area contributed by atoms with Crippen LogP contribution < -0.4 is 24.8 Å². The summed E-state index contributed by atoms with van der Waals surface area (Å²) in [6.07, 6.45) is 17.0. The van der Waals surface area contributed by atoms with Crippen molar-refractivity contribution in [2.75, 3.05) is 32.8 Å². The van der Waals surface area contributed by atoms with Crippen LogP contribution in [0.4, 0.5) is 4.79 Å². The lowest BCUT2D eigenvalue weighted by molar-refractivity contribution is -0.142. The van der Waals surface area contributed by atoms with E-state index in [0.717, 1.165) is 88.4 Å². The van der Waals surface area contributed by atoms with E-state index in [1.54, 1.807) is 0 Å². The molecule has 1 aromatic heterocycles. The maximum atomic E-state index is 15.1. The predicted octanol–water partition coefficient (Wildman–Crippen LogP) is 5.46. The molecule has 4 aliphatic carbocycles. The van der Waals surface area contributed by atoms with Gasteiger partial charge in [0.1, 0.15) is 42.2 Å². The van der Waals surface area contributed by atoms with Crippen molar-refractivity contribution in [3.8, 4) is 11.6 Å². The van der Waals surface area contributed by atoms with Gasteiger partial charge >= 0.3 is 6.09 Å². The highest BCUT2D eigenvalue weighted by molar-refractivity contribution is 7.91. The van der Waals surface area contributed by atoms with Gasteiger partial charge in [0, 0.05) is 24.3 Å². The number of aromatic nitrogens is 1. The number of nitrogens with zero attached hydrogens (tertiary/aromatic N) is 3. The molecule has 0 unspecified atom stereocenters. The third-order valence-corrected chi connectivity index (χ3v) is 16.7. The topological polar surface area (TPSA) is 186 Å². The van der Waals surface area contributed by atoms with Gasteiger partial charge in [-0.2, -0.15) is 0 Å². The number of likely N-dealkylation sites (tertiary alicyclic amines) is 1. The first-order valence-corrected chi connectivity index (χ1v) is 25.4. The molecule has 16 heteroatoms. The number of nitrogens with one attached hydrogen (secondary N) is 3. The highest BCUT2D eigenvalue weighted by atomic mass is 32.2. The van der Waals surface area contributed by atoms with Gasteiger partial charge in [-0.15, -0.1) is 6.58 Å². The van der Waals surface area contributed by atoms with Crippen LogP contribution in [-0.4, -0.2) is 115 Å². The van der Waals surface area contributed by atoms with Gasteiger partial charge in [-0.05, 0) is 121 Å². The average Bonchev–Trinajstić information content (AvgIpc) is 4.08. The SMILES string of the molecule is C=C[C@@H]1C[C@]1(NC(=O)[C@@H]1C[C@@H]2CN1C(=O)[C@H](C1CCCC1)NC(=O)O[C@@H]1CCC[C@H]1CCC=CCc1c(nc3ccccc3c1OCCN1CCCCC1)O2)C(=O)NS(=O)(=O)C1CC1. The lowest BCUT2D eigenvalue weighted by Crippen LogP contribution is -2.59. The van der Waals surface area contributed by atoms with Gasteiger partial charge in [0.2, 0.25) is 27.7 Å². The Hall–Kier alpha value is -4.70. The first-order chi connectivity index (χ1) is 31.0. The van der Waals surface area contributed by atoms with Crippen molar-refractivity contribution >= 4 is 44.7 Å². The van der Waals surface area contributed by atoms with Crippen LogP contribution in [0.5, 0.6) is 11.6 Å². The minimum absolute atomic E-state index is 0.00333. The number of amides is 4. The molecule has 0 radical (unpaired) electrons. The summed E-state index contributed by atoms with van der Waals surface area (Å²) in [5.41, 5.74) is -0.0844. The van der Waals surface area contributed by atoms with Gasteiger partial charge in [-0.25, -0.2) is 18.2 Å². The van der Waals surface area contributed by atoms with Crippen LogP contribution >= 0.6 is 0 Å². The number of ether oxygens (including phenoxy) is 3. The Bertz CT molecular complexity index is 2240. The Balaban J connectivity index is 1.06. The number of alkyl carbamates (subject to hydrolysis) is 1. The summed E-state index contributed by atoms with van der Waals surface area (Å²) in [4.78, 5) is 66.3. The van der Waals surface area contributed by atoms with E-state index in [4.69, 9.17) is 19.2 Å². The van der Waals surface area contributed by atoms with Gasteiger partial charge < -0.3 is 29.7 Å². The molecular weight excluding hydrogens is 837 g/mol. The molecule has 15 nitrogen and oxygen atoms in total. The second-order valence-electron chi connectivity index (χ2n) is 19.2. The van der Waals surface area contributed by atoms with E-state index >= 15 is 4.79 Å². The lowest BCUT2D eigenvalue weighted by atomic mass is 9.96. The van der Waals surface area contributed by atoms with Crippen LogP contribution in [0.25, 0.3) is 10.9 Å². The third-order valence-electron chi connectivity index (χ3n) is 14.8. The zero-order chi connectivity index (χ0) is 44.4. The summed E-state index contributed by atoms with van der Waals surface area (Å²) in [5.74, 6) is -1.31. The first-order valence-electron chi connectivity index (χ1n) is 23.9. The Morgan fingerprint density at radius 2 is 1.73 bits per heavy atom. The molecule has 346 valence electrons. The van der Waals surface area contributed by atoms with Crippen molar-refractivity contribution in [3.63, 3.8) is 0 Å². The van der Waals surface area contributed by atoms with Crippen LogP contribution in [0.15, 0.2) is 49.1 Å². The maximum Gasteiger partial charge on any atom is 0.408 e. The fourth-order valence-corrected chi connectivity index (χ4v) is 12.3. The Morgan fingerprint density at radius 3 is 2.50 bits per heavy atom. The van der Waals surface area contributed by atoms with Crippen LogP contribution in [0.1, 0.15) is 108 Å². The number of carbonyl (C=O) groups excluding carboxylic acids is 4. The van der Waals surface area contributed by atoms with Crippen molar-refractivity contribution in [2.24, 2.45) is 17.8 Å². The molecule has 6 fully saturated rings. The first kappa shape index (κ1) is 44.5. The second-order valence-corrected chi connectivity index (χ2v) is 21.2. The van der Waals surface area contributed by atoms with Crippen LogP contribution in [0.2, 0.25) is 0 Å². The highest BCUT2D eigenvalue weighted by Gasteiger charge is 2.62. The van der Waals surface area contributed by atoms with Crippen molar-refractivity contribution < 1.29 is 41.8 Å². The van der Waals surface area contributed by atoms with E-state index in [1.807, 2.05) is 24.3 Å². The van der Waals surface area contributed by atoms with Gasteiger partial charge in [-0.3, -0.25) is 24.0 Å². The molecule has 7 atom stereocenters. The smallest absolute Gasteiger partial charge is 0.408 e. The number of piperidine rings is 1. The van der Waals surface area contributed by atoms with E-state index in [2.05, 4.69) is 39.0 Å². The van der Waals surface area contributed by atoms with Gasteiger partial charge in [0.25, 0.3) is 5.91 Å². The van der Waals surface area contributed by atoms with E-state index in [1.165, 1.54) is 30.2 Å². The summed E-state index contributed by atoms with van der Waals surface area (Å²) in [6, 6.07) is 5.75. The minimum Gasteiger partial charge on any atom is -0.491 e. The maximum absolute atomic E-state index is 15.1. The highest BCUT2D eigenvalue weighted by Crippen LogP contribution is 2.46. The molecule has 2 aromatic rings. The number of pyridine rings is 1. The number of carbonyl (C=O) groups is 4. The van der Waals surface area contributed by atoms with Gasteiger partial charge in [0.05, 0.1) is 22.9 Å². The molecule has 1 aromatic carbocycles. The number of para-hydroxylation sites is 1. The summed E-state index contributed by atoms with van der Waals surface area (Å²) < 4.78 is 47.8. The largest absolute Gasteiger partial charge is 0.491 e. The molecule has 4 heterocycles. The van der Waals surface area contributed by atoms with E-state index in [-0.39, 0.29) is 37.3 Å². The van der Waals surface area contributed by atoms with Crippen molar-refractivity contribution in [1.82, 2.24) is 30.1 Å². The van der Waals surface area contributed by atoms with Crippen molar-refractivity contribution in [2.45, 2.75) is 144 Å². The number of benzene rings is 1. The Morgan fingerprint density at radius 1 is 0.953 bits per heavy atom. The van der Waals surface area contributed by atoms with Gasteiger partial charge in [-0.1, -0.05) is 49.6 Å². The standard InChI is InChI=1S/C48H64N6O9S/c1-2-33-29-48(33,46(57)52-64(59,60)35-22-23-35)51-43(55)39-28-34-30-54(39)45(56)41(32-15-7-8-16-32)50-47(58)63-40-21-13-17-31(40)14-5-3-6-19-37-42(61-27-26-53-24-11-4-12-25-53)36-18-9-10-20-38(36)49-44(37)62-34/h2-3,6,9-10,18,20,31-35,39-41H,1,4-5,7-8,11-17,19,21-30H2,(H,50,58)(H,51,55)(H,52,57)/t31-,33-,34-,39+,40-,41+,48-/m1/s1. The summed E-state index contributed by atoms with van der Waals surface area (Å²) in [6.45, 7) is 7.22. The number of rotatable bonds is 11.